The van der Waals surface area contributed by atoms with Gasteiger partial charge in [0.15, 0.2) is 0 Å². The third-order valence-corrected chi connectivity index (χ3v) is 13.5. The van der Waals surface area contributed by atoms with Gasteiger partial charge < -0.3 is 0 Å². The molecule has 0 unspecified atom stereocenters. The quantitative estimate of drug-likeness (QED) is 0.634. The molecule has 0 aromatic heterocycles. The molecule has 0 amide bonds. The zero-order chi connectivity index (χ0) is 12.1. The Morgan fingerprint density at radius 3 is 1.20 bits per heavy atom. The molecule has 0 aliphatic carbocycles. The normalized spacial score (nSPS) is 24.8. The first-order valence-corrected chi connectivity index (χ1v) is 12.8. The molecule has 90 valence electrons. The summed E-state index contributed by atoms with van der Waals surface area (Å²) in [6, 6.07) is 0. The molecule has 1 fully saturated rings. The first-order chi connectivity index (χ1) is 6.47. The van der Waals surface area contributed by atoms with Gasteiger partial charge in [-0.3, -0.25) is 0 Å². The average molecular weight is 314 g/mol. The van der Waals surface area contributed by atoms with Crippen molar-refractivity contribution in [2.45, 2.75) is 52.6 Å². The molecule has 0 N–H and O–H groups in total. The van der Waals surface area contributed by atoms with Crippen molar-refractivity contribution >= 4 is 31.9 Å². The molecule has 0 aromatic rings. The molecular weight excluding hydrogens is 292 g/mol. The third kappa shape index (κ3) is 2.84. The van der Waals surface area contributed by atoms with Gasteiger partial charge in [0, 0.05) is 0 Å². The summed E-state index contributed by atoms with van der Waals surface area (Å²) >= 11 is -3.01. The molecular formula is C10H22Cl2GeN2. The van der Waals surface area contributed by atoms with Crippen LogP contribution in [-0.2, 0) is 0 Å². The van der Waals surface area contributed by atoms with Crippen LogP contribution in [0.25, 0.3) is 0 Å². The van der Waals surface area contributed by atoms with E-state index in [9.17, 15) is 0 Å². The molecule has 1 saturated heterocycles. The van der Waals surface area contributed by atoms with Crippen LogP contribution in [0.4, 0.5) is 0 Å². The van der Waals surface area contributed by atoms with Gasteiger partial charge >= 0.3 is 105 Å². The van der Waals surface area contributed by atoms with Crippen LogP contribution >= 0.6 is 20.0 Å². The van der Waals surface area contributed by atoms with E-state index >= 15 is 0 Å². The Labute approximate surface area is 105 Å². The predicted molar refractivity (Wildman–Crippen MR) is 70.4 cm³/mol. The Morgan fingerprint density at radius 2 is 1.07 bits per heavy atom. The van der Waals surface area contributed by atoms with Crippen molar-refractivity contribution in [2.24, 2.45) is 0 Å². The first-order valence-electron chi connectivity index (χ1n) is 5.40. The molecule has 0 aromatic carbocycles. The second kappa shape index (κ2) is 4.06. The monoisotopic (exact) mass is 314 g/mol. The summed E-state index contributed by atoms with van der Waals surface area (Å²) in [5, 5.41) is 0. The van der Waals surface area contributed by atoms with Gasteiger partial charge in [0.25, 0.3) is 0 Å². The van der Waals surface area contributed by atoms with Gasteiger partial charge in [-0.1, -0.05) is 0 Å². The van der Waals surface area contributed by atoms with Crippen LogP contribution in [0.15, 0.2) is 0 Å². The van der Waals surface area contributed by atoms with Crippen LogP contribution in [0, 0.1) is 0 Å². The summed E-state index contributed by atoms with van der Waals surface area (Å²) in [5.41, 5.74) is 0.146. The van der Waals surface area contributed by atoms with Gasteiger partial charge in [-0.25, -0.2) is 0 Å². The number of rotatable bonds is 0. The van der Waals surface area contributed by atoms with Gasteiger partial charge in [-0.05, 0) is 0 Å². The summed E-state index contributed by atoms with van der Waals surface area (Å²) < 4.78 is 4.64. The van der Waals surface area contributed by atoms with Gasteiger partial charge in [-0.2, -0.15) is 0 Å². The standard InChI is InChI=1S/C10H22Cl2GeN2/c1-9(2,3)14-7-8-15(10(4,5)6)13(14,11)12/h7-8H2,1-6H3. The average Bonchev–Trinajstić information content (AvgIpc) is 2.21. The second-order valence-electron chi connectivity index (χ2n) is 6.15. The summed E-state index contributed by atoms with van der Waals surface area (Å²) in [6.45, 7) is 15.1. The fourth-order valence-corrected chi connectivity index (χ4v) is 14.7. The van der Waals surface area contributed by atoms with Crippen molar-refractivity contribution in [3.63, 3.8) is 0 Å². The fourth-order valence-electron chi connectivity index (χ4n) is 2.09. The molecule has 0 bridgehead atoms. The Kier molecular flexibility index (Phi) is 3.81. The van der Waals surface area contributed by atoms with Crippen molar-refractivity contribution in [3.05, 3.63) is 0 Å². The number of nitrogens with zero attached hydrogens (tertiary/aromatic N) is 2. The topological polar surface area (TPSA) is 6.48 Å². The van der Waals surface area contributed by atoms with E-state index in [2.05, 4.69) is 49.3 Å². The zero-order valence-electron chi connectivity index (χ0n) is 10.6. The first kappa shape index (κ1) is 14.1. The number of hydrogen-bond donors (Lipinski definition) is 0. The molecule has 15 heavy (non-hydrogen) atoms. The van der Waals surface area contributed by atoms with Crippen molar-refractivity contribution in [1.29, 1.82) is 0 Å². The molecule has 5 heteroatoms. The van der Waals surface area contributed by atoms with Crippen molar-refractivity contribution in [1.82, 2.24) is 7.71 Å². The maximum absolute atomic E-state index is 6.67. The van der Waals surface area contributed by atoms with Gasteiger partial charge in [0.1, 0.15) is 0 Å². The minimum atomic E-state index is -3.01. The van der Waals surface area contributed by atoms with Gasteiger partial charge in [0.2, 0.25) is 0 Å². The van der Waals surface area contributed by atoms with Gasteiger partial charge in [0.05, 0.1) is 0 Å². The Morgan fingerprint density at radius 1 is 0.800 bits per heavy atom. The summed E-state index contributed by atoms with van der Waals surface area (Å²) in [4.78, 5) is 0. The van der Waals surface area contributed by atoms with E-state index in [-0.39, 0.29) is 11.1 Å². The fraction of sp³-hybridized carbons (Fsp3) is 1.00. The molecule has 1 rings (SSSR count). The van der Waals surface area contributed by atoms with E-state index in [1.54, 1.807) is 0 Å². The molecule has 1 heterocycles. The van der Waals surface area contributed by atoms with E-state index < -0.39 is 11.9 Å². The second-order valence-corrected chi connectivity index (χ2v) is 17.0. The van der Waals surface area contributed by atoms with Crippen LogP contribution in [-0.4, -0.2) is 43.7 Å². The summed E-state index contributed by atoms with van der Waals surface area (Å²) in [5.74, 6) is 0. The van der Waals surface area contributed by atoms with Crippen LogP contribution in [0.5, 0.6) is 0 Å². The summed E-state index contributed by atoms with van der Waals surface area (Å²) in [7, 11) is 13.3. The van der Waals surface area contributed by atoms with E-state index in [1.165, 1.54) is 0 Å². The van der Waals surface area contributed by atoms with Crippen molar-refractivity contribution in [3.8, 4) is 0 Å². The van der Waals surface area contributed by atoms with E-state index in [1.807, 2.05) is 0 Å². The van der Waals surface area contributed by atoms with Crippen molar-refractivity contribution < 1.29 is 0 Å². The molecule has 0 radical (unpaired) electrons. The molecule has 1 aliphatic rings. The van der Waals surface area contributed by atoms with Crippen LogP contribution in [0.2, 0.25) is 0 Å². The molecule has 2 nitrogen and oxygen atoms in total. The van der Waals surface area contributed by atoms with Crippen LogP contribution in [0.3, 0.4) is 0 Å². The number of halogens is 2. The van der Waals surface area contributed by atoms with Crippen molar-refractivity contribution in [2.75, 3.05) is 13.1 Å². The van der Waals surface area contributed by atoms with Crippen LogP contribution in [0.1, 0.15) is 41.5 Å². The minimum absolute atomic E-state index is 0.0729. The maximum atomic E-state index is 6.67. The SMILES string of the molecule is CC(C)(C)[N]1CC[N](C(C)(C)C)[Ge]1([Cl])[Cl]. The van der Waals surface area contributed by atoms with Gasteiger partial charge in [-0.15, -0.1) is 0 Å². The van der Waals surface area contributed by atoms with Crippen LogP contribution < -0.4 is 0 Å². The molecule has 0 saturated carbocycles. The van der Waals surface area contributed by atoms with E-state index in [4.69, 9.17) is 20.0 Å². The third-order valence-electron chi connectivity index (χ3n) is 2.82. The Bertz CT molecular complexity index is 219. The Balaban J connectivity index is 2.95. The zero-order valence-corrected chi connectivity index (χ0v) is 14.2. The molecule has 0 spiro atoms. The van der Waals surface area contributed by atoms with E-state index in [0.717, 1.165) is 13.1 Å². The van der Waals surface area contributed by atoms with E-state index in [0.29, 0.717) is 0 Å². The number of hydrogen-bond acceptors (Lipinski definition) is 2. The molecule has 1 aliphatic heterocycles. The summed E-state index contributed by atoms with van der Waals surface area (Å²) in [6.07, 6.45) is 0. The predicted octanol–water partition coefficient (Wildman–Crippen LogP) is 3.11. The molecule has 0 atom stereocenters. The Hall–Kier alpha value is 1.04.